The van der Waals surface area contributed by atoms with E-state index in [0.717, 1.165) is 7.11 Å². The third-order valence-electron chi connectivity index (χ3n) is 2.35. The van der Waals surface area contributed by atoms with Crippen molar-refractivity contribution in [1.29, 1.82) is 0 Å². The van der Waals surface area contributed by atoms with Crippen molar-refractivity contribution in [3.63, 3.8) is 0 Å². The molecule has 0 aliphatic heterocycles. The van der Waals surface area contributed by atoms with Gasteiger partial charge in [-0.2, -0.15) is 0 Å². The SMILES string of the molecule is COC(=O)c1cc(N)ccc1C(O)C(O)C(=O)O. The zero-order valence-corrected chi connectivity index (χ0v) is 9.53. The van der Waals surface area contributed by atoms with Crippen LogP contribution in [0.4, 0.5) is 5.69 Å². The molecule has 0 aromatic heterocycles. The van der Waals surface area contributed by atoms with Gasteiger partial charge in [-0.1, -0.05) is 6.07 Å². The van der Waals surface area contributed by atoms with Gasteiger partial charge in [-0.25, -0.2) is 9.59 Å². The van der Waals surface area contributed by atoms with Crippen molar-refractivity contribution in [2.75, 3.05) is 12.8 Å². The fourth-order valence-electron chi connectivity index (χ4n) is 1.42. The molecule has 7 heteroatoms. The minimum absolute atomic E-state index is 0.0639. The summed E-state index contributed by atoms with van der Waals surface area (Å²) in [5, 5.41) is 27.6. The van der Waals surface area contributed by atoms with Crippen LogP contribution in [0.2, 0.25) is 0 Å². The number of carbonyl (C=O) groups is 2. The maximum absolute atomic E-state index is 11.5. The van der Waals surface area contributed by atoms with Gasteiger partial charge in [0.1, 0.15) is 6.10 Å². The summed E-state index contributed by atoms with van der Waals surface area (Å²) in [6.45, 7) is 0. The zero-order valence-electron chi connectivity index (χ0n) is 9.53. The number of ether oxygens (including phenoxy) is 1. The Hall–Kier alpha value is -2.12. The molecule has 0 amide bonds. The lowest BCUT2D eigenvalue weighted by Gasteiger charge is -2.17. The van der Waals surface area contributed by atoms with Crippen LogP contribution in [0.15, 0.2) is 18.2 Å². The largest absolute Gasteiger partial charge is 0.479 e. The quantitative estimate of drug-likeness (QED) is 0.422. The Morgan fingerprint density at radius 2 is 1.94 bits per heavy atom. The predicted molar refractivity (Wildman–Crippen MR) is 60.8 cm³/mol. The number of hydrogen-bond donors (Lipinski definition) is 4. The number of aliphatic hydroxyl groups is 2. The van der Waals surface area contributed by atoms with Crippen LogP contribution in [-0.2, 0) is 9.53 Å². The molecule has 0 aliphatic carbocycles. The summed E-state index contributed by atoms with van der Waals surface area (Å²) in [4.78, 5) is 22.0. The maximum Gasteiger partial charge on any atom is 0.338 e. The molecule has 1 aromatic rings. The summed E-state index contributed by atoms with van der Waals surface area (Å²) in [7, 11) is 1.13. The first-order valence-electron chi connectivity index (χ1n) is 4.95. The second-order valence-corrected chi connectivity index (χ2v) is 3.57. The number of aliphatic hydroxyl groups excluding tert-OH is 2. The van der Waals surface area contributed by atoms with Crippen molar-refractivity contribution >= 4 is 17.6 Å². The molecular formula is C11H13NO6. The van der Waals surface area contributed by atoms with Gasteiger partial charge in [-0.3, -0.25) is 0 Å². The highest BCUT2D eigenvalue weighted by Crippen LogP contribution is 2.24. The normalized spacial score (nSPS) is 13.7. The van der Waals surface area contributed by atoms with Crippen molar-refractivity contribution < 1.29 is 29.6 Å². The molecule has 0 saturated carbocycles. The summed E-state index contributed by atoms with van der Waals surface area (Å²) in [5.74, 6) is -2.39. The van der Waals surface area contributed by atoms with Gasteiger partial charge in [0.15, 0.2) is 6.10 Å². The average molecular weight is 255 g/mol. The molecule has 0 heterocycles. The van der Waals surface area contributed by atoms with E-state index >= 15 is 0 Å². The number of esters is 1. The fourth-order valence-corrected chi connectivity index (χ4v) is 1.42. The summed E-state index contributed by atoms with van der Waals surface area (Å²) in [5.41, 5.74) is 5.58. The lowest BCUT2D eigenvalue weighted by molar-refractivity contribution is -0.153. The van der Waals surface area contributed by atoms with Crippen molar-refractivity contribution in [2.24, 2.45) is 0 Å². The van der Waals surface area contributed by atoms with Gasteiger partial charge in [0.05, 0.1) is 12.7 Å². The molecule has 98 valence electrons. The molecular weight excluding hydrogens is 242 g/mol. The number of benzene rings is 1. The predicted octanol–water partition coefficient (Wildman–Crippen LogP) is -0.466. The third kappa shape index (κ3) is 2.76. The second-order valence-electron chi connectivity index (χ2n) is 3.57. The molecule has 0 aliphatic rings. The molecule has 5 N–H and O–H groups in total. The number of carboxylic acids is 1. The first-order chi connectivity index (χ1) is 8.38. The van der Waals surface area contributed by atoms with Crippen LogP contribution in [0, 0.1) is 0 Å². The van der Waals surface area contributed by atoms with Crippen LogP contribution in [-0.4, -0.2) is 40.5 Å². The van der Waals surface area contributed by atoms with Gasteiger partial charge in [0.2, 0.25) is 0 Å². The van der Waals surface area contributed by atoms with E-state index in [-0.39, 0.29) is 16.8 Å². The number of carbonyl (C=O) groups excluding carboxylic acids is 1. The summed E-state index contributed by atoms with van der Waals surface area (Å²) >= 11 is 0. The Morgan fingerprint density at radius 3 is 2.44 bits per heavy atom. The summed E-state index contributed by atoms with van der Waals surface area (Å²) < 4.78 is 4.49. The Kier molecular flexibility index (Phi) is 4.24. The minimum Gasteiger partial charge on any atom is -0.479 e. The summed E-state index contributed by atoms with van der Waals surface area (Å²) in [6, 6.07) is 3.87. The molecule has 0 fully saturated rings. The number of rotatable bonds is 4. The Morgan fingerprint density at radius 1 is 1.33 bits per heavy atom. The minimum atomic E-state index is -2.04. The van der Waals surface area contributed by atoms with Gasteiger partial charge in [0.25, 0.3) is 0 Å². The molecule has 1 aromatic carbocycles. The zero-order chi connectivity index (χ0) is 13.9. The molecule has 1 rings (SSSR count). The number of hydrogen-bond acceptors (Lipinski definition) is 6. The van der Waals surface area contributed by atoms with E-state index in [1.165, 1.54) is 18.2 Å². The number of aliphatic carboxylic acids is 1. The van der Waals surface area contributed by atoms with Gasteiger partial charge < -0.3 is 25.8 Å². The third-order valence-corrected chi connectivity index (χ3v) is 2.35. The Labute approximate surface area is 102 Å². The van der Waals surface area contributed by atoms with E-state index in [1.54, 1.807) is 0 Å². The highest BCUT2D eigenvalue weighted by Gasteiger charge is 2.29. The van der Waals surface area contributed by atoms with E-state index < -0.39 is 24.1 Å². The molecule has 18 heavy (non-hydrogen) atoms. The number of nitrogens with two attached hydrogens (primary N) is 1. The first kappa shape index (κ1) is 13.9. The van der Waals surface area contributed by atoms with Gasteiger partial charge >= 0.3 is 11.9 Å². The standard InChI is InChI=1S/C11H13NO6/c1-18-11(17)7-4-5(12)2-3-6(7)8(13)9(14)10(15)16/h2-4,8-9,13-14H,12H2,1H3,(H,15,16). The Balaban J connectivity index is 3.23. The molecule has 0 spiro atoms. The van der Waals surface area contributed by atoms with Crippen LogP contribution in [0.3, 0.4) is 0 Å². The van der Waals surface area contributed by atoms with Gasteiger partial charge in [-0.15, -0.1) is 0 Å². The van der Waals surface area contributed by atoms with Crippen LogP contribution >= 0.6 is 0 Å². The highest BCUT2D eigenvalue weighted by atomic mass is 16.5. The van der Waals surface area contributed by atoms with Gasteiger partial charge in [0, 0.05) is 5.69 Å². The van der Waals surface area contributed by atoms with Gasteiger partial charge in [-0.05, 0) is 17.7 Å². The number of anilines is 1. The van der Waals surface area contributed by atoms with E-state index in [4.69, 9.17) is 10.8 Å². The molecule has 0 bridgehead atoms. The van der Waals surface area contributed by atoms with Crippen LogP contribution in [0.25, 0.3) is 0 Å². The van der Waals surface area contributed by atoms with Crippen molar-refractivity contribution in [2.45, 2.75) is 12.2 Å². The van der Waals surface area contributed by atoms with E-state index in [0.29, 0.717) is 0 Å². The average Bonchev–Trinajstić information content (AvgIpc) is 2.35. The second kappa shape index (κ2) is 5.48. The Bertz CT molecular complexity index is 473. The van der Waals surface area contributed by atoms with E-state index in [2.05, 4.69) is 4.74 Å². The highest BCUT2D eigenvalue weighted by molar-refractivity contribution is 5.92. The molecule has 0 saturated heterocycles. The van der Waals surface area contributed by atoms with Crippen molar-refractivity contribution in [3.05, 3.63) is 29.3 Å². The van der Waals surface area contributed by atoms with Crippen molar-refractivity contribution in [1.82, 2.24) is 0 Å². The first-order valence-corrected chi connectivity index (χ1v) is 4.95. The van der Waals surface area contributed by atoms with E-state index in [9.17, 15) is 19.8 Å². The molecule has 0 radical (unpaired) electrons. The molecule has 7 nitrogen and oxygen atoms in total. The number of methoxy groups -OCH3 is 1. The lowest BCUT2D eigenvalue weighted by Crippen LogP contribution is -2.28. The monoisotopic (exact) mass is 255 g/mol. The number of carboxylic acid groups (broad SMARTS) is 1. The number of nitrogen functional groups attached to an aromatic ring is 1. The molecule has 2 unspecified atom stereocenters. The maximum atomic E-state index is 11.5. The fraction of sp³-hybridized carbons (Fsp3) is 0.273. The topological polar surface area (TPSA) is 130 Å². The van der Waals surface area contributed by atoms with Crippen LogP contribution in [0.1, 0.15) is 22.0 Å². The smallest absolute Gasteiger partial charge is 0.338 e. The van der Waals surface area contributed by atoms with E-state index in [1.807, 2.05) is 0 Å². The van der Waals surface area contributed by atoms with Crippen LogP contribution in [0.5, 0.6) is 0 Å². The van der Waals surface area contributed by atoms with Crippen molar-refractivity contribution in [3.8, 4) is 0 Å². The molecule has 2 atom stereocenters. The summed E-state index contributed by atoms with van der Waals surface area (Å²) in [6.07, 6.45) is -3.80. The van der Waals surface area contributed by atoms with Crippen LogP contribution < -0.4 is 5.73 Å². The lowest BCUT2D eigenvalue weighted by atomic mass is 9.98.